The van der Waals surface area contributed by atoms with Crippen LogP contribution in [-0.2, 0) is 4.79 Å². The third-order valence-electron chi connectivity index (χ3n) is 2.98. The van der Waals surface area contributed by atoms with E-state index in [0.717, 1.165) is 16.1 Å². The molecule has 2 aromatic rings. The van der Waals surface area contributed by atoms with Crippen molar-refractivity contribution in [1.82, 2.24) is 0 Å². The van der Waals surface area contributed by atoms with Crippen molar-refractivity contribution < 1.29 is 9.90 Å². The monoisotopic (exact) mass is 287 g/mol. The molecule has 104 valence electrons. The highest BCUT2D eigenvalue weighted by molar-refractivity contribution is 7.99. The molecule has 0 radical (unpaired) electrons. The van der Waals surface area contributed by atoms with Crippen LogP contribution >= 0.6 is 11.8 Å². The molecule has 2 rings (SSSR count). The maximum atomic E-state index is 10.8. The molecule has 0 heterocycles. The summed E-state index contributed by atoms with van der Waals surface area (Å²) >= 11 is 1.62. The summed E-state index contributed by atoms with van der Waals surface area (Å²) in [7, 11) is 0. The van der Waals surface area contributed by atoms with Gasteiger partial charge in [0.25, 0.3) is 0 Å². The number of nitrogens with two attached hydrogens (primary N) is 1. The average Bonchev–Trinajstić information content (AvgIpc) is 2.46. The van der Waals surface area contributed by atoms with Crippen molar-refractivity contribution in [2.24, 2.45) is 0 Å². The minimum Gasteiger partial charge on any atom is -0.481 e. The van der Waals surface area contributed by atoms with Gasteiger partial charge in [0.1, 0.15) is 0 Å². The van der Waals surface area contributed by atoms with Crippen molar-refractivity contribution in [2.45, 2.75) is 23.0 Å². The first-order valence-electron chi connectivity index (χ1n) is 6.44. The third-order valence-corrected chi connectivity index (χ3v) is 4.40. The number of carboxylic acids is 1. The lowest BCUT2D eigenvalue weighted by Crippen LogP contribution is -2.01. The van der Waals surface area contributed by atoms with E-state index < -0.39 is 5.97 Å². The van der Waals surface area contributed by atoms with Crippen LogP contribution in [0.3, 0.4) is 0 Å². The molecule has 2 aromatic carbocycles. The van der Waals surface area contributed by atoms with Crippen LogP contribution in [0, 0.1) is 0 Å². The van der Waals surface area contributed by atoms with Crippen LogP contribution in [-0.4, -0.2) is 11.1 Å². The fraction of sp³-hybridized carbons (Fsp3) is 0.188. The van der Waals surface area contributed by atoms with Crippen molar-refractivity contribution in [1.29, 1.82) is 0 Å². The molecule has 0 amide bonds. The molecule has 1 atom stereocenters. The highest BCUT2D eigenvalue weighted by atomic mass is 32.2. The first-order valence-corrected chi connectivity index (χ1v) is 7.32. The molecule has 0 aliphatic rings. The number of carbonyl (C=O) groups is 1. The second-order valence-corrected chi connectivity index (χ2v) is 5.73. The number of hydrogen-bond acceptors (Lipinski definition) is 3. The van der Waals surface area contributed by atoms with Gasteiger partial charge in [-0.2, -0.15) is 0 Å². The average molecular weight is 287 g/mol. The predicted molar refractivity (Wildman–Crippen MR) is 82.8 cm³/mol. The summed E-state index contributed by atoms with van der Waals surface area (Å²) in [5.74, 6) is -0.771. The molecule has 1 unspecified atom stereocenters. The van der Waals surface area contributed by atoms with E-state index in [1.807, 2.05) is 54.6 Å². The number of benzene rings is 2. The Kier molecular flexibility index (Phi) is 5.07. The fourth-order valence-corrected chi connectivity index (χ4v) is 3.15. The number of anilines is 1. The first kappa shape index (κ1) is 14.5. The second kappa shape index (κ2) is 7.01. The molecule has 0 spiro atoms. The van der Waals surface area contributed by atoms with E-state index in [-0.39, 0.29) is 11.7 Å². The Morgan fingerprint density at radius 2 is 1.75 bits per heavy atom. The molecule has 20 heavy (non-hydrogen) atoms. The van der Waals surface area contributed by atoms with Crippen LogP contribution in [0.5, 0.6) is 0 Å². The summed E-state index contributed by atoms with van der Waals surface area (Å²) in [5, 5.41) is 8.99. The first-order chi connectivity index (χ1) is 9.66. The smallest absolute Gasteiger partial charge is 0.303 e. The maximum Gasteiger partial charge on any atom is 0.303 e. The van der Waals surface area contributed by atoms with Gasteiger partial charge in [-0.3, -0.25) is 4.79 Å². The third kappa shape index (κ3) is 4.03. The summed E-state index contributed by atoms with van der Waals surface area (Å²) in [6.45, 7) is 0. The molecule has 0 aromatic heterocycles. The maximum absolute atomic E-state index is 10.8. The van der Waals surface area contributed by atoms with E-state index in [2.05, 4.69) is 0 Å². The van der Waals surface area contributed by atoms with E-state index >= 15 is 0 Å². The molecular weight excluding hydrogens is 270 g/mol. The molecule has 0 saturated heterocycles. The zero-order valence-electron chi connectivity index (χ0n) is 11.0. The van der Waals surface area contributed by atoms with E-state index in [9.17, 15) is 4.79 Å². The number of nitrogen functional groups attached to an aromatic ring is 1. The van der Waals surface area contributed by atoms with Crippen LogP contribution in [0.4, 0.5) is 5.69 Å². The molecule has 0 saturated carbocycles. The van der Waals surface area contributed by atoms with Crippen LogP contribution in [0.2, 0.25) is 0 Å². The summed E-state index contributed by atoms with van der Waals surface area (Å²) in [4.78, 5) is 11.8. The van der Waals surface area contributed by atoms with Crippen molar-refractivity contribution in [2.75, 3.05) is 5.73 Å². The Hall–Kier alpha value is -1.94. The second-order valence-electron chi connectivity index (χ2n) is 4.49. The number of carboxylic acid groups (broad SMARTS) is 1. The van der Waals surface area contributed by atoms with E-state index in [1.54, 1.807) is 11.8 Å². The van der Waals surface area contributed by atoms with Crippen LogP contribution in [0.15, 0.2) is 59.5 Å². The topological polar surface area (TPSA) is 63.3 Å². The van der Waals surface area contributed by atoms with Gasteiger partial charge in [-0.05, 0) is 24.1 Å². The molecule has 4 heteroatoms. The van der Waals surface area contributed by atoms with Crippen molar-refractivity contribution in [3.05, 3.63) is 60.2 Å². The zero-order chi connectivity index (χ0) is 14.4. The number of hydrogen-bond donors (Lipinski definition) is 2. The Balaban J connectivity index is 2.18. The number of para-hydroxylation sites is 1. The van der Waals surface area contributed by atoms with Crippen LogP contribution < -0.4 is 5.73 Å². The van der Waals surface area contributed by atoms with Gasteiger partial charge in [-0.15, -0.1) is 11.8 Å². The Morgan fingerprint density at radius 1 is 1.10 bits per heavy atom. The van der Waals surface area contributed by atoms with Gasteiger partial charge in [0.15, 0.2) is 0 Å². The van der Waals surface area contributed by atoms with Gasteiger partial charge in [0.2, 0.25) is 0 Å². The van der Waals surface area contributed by atoms with Gasteiger partial charge >= 0.3 is 5.97 Å². The van der Waals surface area contributed by atoms with E-state index in [1.165, 1.54) is 0 Å². The zero-order valence-corrected chi connectivity index (χ0v) is 11.8. The SMILES string of the molecule is Nc1ccccc1SC(CCC(=O)O)c1ccccc1. The molecule has 0 aliphatic carbocycles. The predicted octanol–water partition coefficient (Wildman–Crippen LogP) is 3.97. The lowest BCUT2D eigenvalue weighted by Gasteiger charge is -2.17. The normalized spacial score (nSPS) is 12.0. The summed E-state index contributed by atoms with van der Waals surface area (Å²) < 4.78 is 0. The van der Waals surface area contributed by atoms with Gasteiger partial charge in [-0.1, -0.05) is 42.5 Å². The van der Waals surface area contributed by atoms with Gasteiger partial charge in [0.05, 0.1) is 0 Å². The highest BCUT2D eigenvalue weighted by Gasteiger charge is 2.15. The Bertz CT molecular complexity index is 572. The lowest BCUT2D eigenvalue weighted by molar-refractivity contribution is -0.137. The van der Waals surface area contributed by atoms with Crippen molar-refractivity contribution in [3.63, 3.8) is 0 Å². The van der Waals surface area contributed by atoms with Crippen LogP contribution in [0.25, 0.3) is 0 Å². The van der Waals surface area contributed by atoms with Gasteiger partial charge in [0, 0.05) is 22.3 Å². The summed E-state index contributed by atoms with van der Waals surface area (Å²) in [6.07, 6.45) is 0.734. The largest absolute Gasteiger partial charge is 0.481 e. The lowest BCUT2D eigenvalue weighted by atomic mass is 10.1. The molecule has 0 aliphatic heterocycles. The van der Waals surface area contributed by atoms with Gasteiger partial charge < -0.3 is 10.8 Å². The molecular formula is C16H17NO2S. The van der Waals surface area contributed by atoms with Crippen molar-refractivity contribution >= 4 is 23.4 Å². The highest BCUT2D eigenvalue weighted by Crippen LogP contribution is 2.40. The molecule has 3 nitrogen and oxygen atoms in total. The molecule has 3 N–H and O–H groups in total. The van der Waals surface area contributed by atoms with Gasteiger partial charge in [-0.25, -0.2) is 0 Å². The minimum atomic E-state index is -0.771. The number of thioether (sulfide) groups is 1. The fourth-order valence-electron chi connectivity index (χ4n) is 1.96. The van der Waals surface area contributed by atoms with E-state index in [0.29, 0.717) is 6.42 Å². The standard InChI is InChI=1S/C16H17NO2S/c17-13-8-4-5-9-15(13)20-14(10-11-16(18)19)12-6-2-1-3-7-12/h1-9,14H,10-11,17H2,(H,18,19). The quantitative estimate of drug-likeness (QED) is 0.623. The van der Waals surface area contributed by atoms with Crippen molar-refractivity contribution in [3.8, 4) is 0 Å². The minimum absolute atomic E-state index is 0.0944. The molecule has 0 bridgehead atoms. The summed E-state index contributed by atoms with van der Waals surface area (Å²) in [6, 6.07) is 17.6. The van der Waals surface area contributed by atoms with E-state index in [4.69, 9.17) is 10.8 Å². The summed E-state index contributed by atoms with van der Waals surface area (Å²) in [5.41, 5.74) is 7.82. The number of rotatable bonds is 6. The Labute approximate surface area is 122 Å². The molecule has 0 fully saturated rings. The number of aliphatic carboxylic acids is 1. The Morgan fingerprint density at radius 3 is 2.40 bits per heavy atom. The van der Waals surface area contributed by atoms with Crippen LogP contribution in [0.1, 0.15) is 23.7 Å².